The largest absolute Gasteiger partial charge is 0.312 e. The van der Waals surface area contributed by atoms with Gasteiger partial charge in [0.05, 0.1) is 0 Å². The molecule has 1 aromatic rings. The van der Waals surface area contributed by atoms with Crippen LogP contribution < -0.4 is 5.32 Å². The Labute approximate surface area is 102 Å². The van der Waals surface area contributed by atoms with Crippen molar-refractivity contribution in [2.24, 2.45) is 5.92 Å². The van der Waals surface area contributed by atoms with E-state index in [0.717, 1.165) is 18.5 Å². The minimum atomic E-state index is 0.766. The van der Waals surface area contributed by atoms with E-state index in [9.17, 15) is 0 Å². The Morgan fingerprint density at radius 3 is 2.88 bits per heavy atom. The van der Waals surface area contributed by atoms with Gasteiger partial charge in [0, 0.05) is 24.0 Å². The van der Waals surface area contributed by atoms with Crippen molar-refractivity contribution in [3.8, 4) is 0 Å². The van der Waals surface area contributed by atoms with E-state index in [1.807, 2.05) is 11.3 Å². The third kappa shape index (κ3) is 2.31. The van der Waals surface area contributed by atoms with Crippen LogP contribution in [-0.4, -0.2) is 37.1 Å². The van der Waals surface area contributed by atoms with Crippen LogP contribution in [0.5, 0.6) is 0 Å². The predicted molar refractivity (Wildman–Crippen MR) is 69.0 cm³/mol. The fraction of sp³-hybridized carbons (Fsp3) is 0.692. The smallest absolute Gasteiger partial charge is 0.0224 e. The number of thiophene rings is 1. The van der Waals surface area contributed by atoms with Gasteiger partial charge in [0.25, 0.3) is 0 Å². The van der Waals surface area contributed by atoms with Crippen LogP contribution in [0.15, 0.2) is 17.5 Å². The third-order valence-electron chi connectivity index (χ3n) is 4.01. The highest BCUT2D eigenvalue weighted by Crippen LogP contribution is 2.27. The number of rotatable bonds is 4. The van der Waals surface area contributed by atoms with Gasteiger partial charge >= 0.3 is 0 Å². The first-order valence-electron chi connectivity index (χ1n) is 6.40. The summed E-state index contributed by atoms with van der Waals surface area (Å²) in [7, 11) is 0. The predicted octanol–water partition coefficient (Wildman–Crippen LogP) is 1.97. The number of fused-ring (bicyclic) bond motifs is 3. The summed E-state index contributed by atoms with van der Waals surface area (Å²) in [6.07, 6.45) is 4.02. The maximum atomic E-state index is 3.76. The molecule has 0 saturated carbocycles. The number of hydrogen-bond acceptors (Lipinski definition) is 3. The second-order valence-electron chi connectivity index (χ2n) is 5.03. The molecule has 1 N–H and O–H groups in total. The molecule has 2 nitrogen and oxygen atoms in total. The zero-order valence-corrected chi connectivity index (χ0v) is 10.5. The monoisotopic (exact) mass is 236 g/mol. The molecule has 0 spiro atoms. The summed E-state index contributed by atoms with van der Waals surface area (Å²) >= 11 is 1.87. The Balaban J connectivity index is 1.45. The number of nitrogens with zero attached hydrogens (tertiary/aromatic N) is 1. The van der Waals surface area contributed by atoms with Gasteiger partial charge in [0.1, 0.15) is 0 Å². The van der Waals surface area contributed by atoms with Crippen LogP contribution in [-0.2, 0) is 6.42 Å². The molecular weight excluding hydrogens is 216 g/mol. The second kappa shape index (κ2) is 4.86. The molecule has 0 aromatic carbocycles. The summed E-state index contributed by atoms with van der Waals surface area (Å²) in [6, 6.07) is 5.15. The van der Waals surface area contributed by atoms with Crippen molar-refractivity contribution >= 4 is 11.3 Å². The molecule has 3 aliphatic rings. The fourth-order valence-corrected chi connectivity index (χ4v) is 3.74. The Morgan fingerprint density at radius 2 is 2.25 bits per heavy atom. The van der Waals surface area contributed by atoms with E-state index in [-0.39, 0.29) is 0 Å². The zero-order chi connectivity index (χ0) is 10.8. The number of nitrogens with one attached hydrogen (secondary N) is 1. The van der Waals surface area contributed by atoms with Crippen molar-refractivity contribution in [3.05, 3.63) is 22.4 Å². The normalized spacial score (nSPS) is 33.1. The maximum Gasteiger partial charge on any atom is 0.0224 e. The lowest BCUT2D eigenvalue weighted by Crippen LogP contribution is -2.56. The van der Waals surface area contributed by atoms with Gasteiger partial charge in [-0.15, -0.1) is 11.3 Å². The quantitative estimate of drug-likeness (QED) is 0.860. The molecule has 2 bridgehead atoms. The van der Waals surface area contributed by atoms with E-state index in [4.69, 9.17) is 0 Å². The van der Waals surface area contributed by atoms with Gasteiger partial charge in [-0.2, -0.15) is 0 Å². The number of piperidine rings is 3. The van der Waals surface area contributed by atoms with Gasteiger partial charge in [-0.3, -0.25) is 0 Å². The van der Waals surface area contributed by atoms with Gasteiger partial charge in [-0.1, -0.05) is 6.07 Å². The standard InChI is InChI=1S/C13H20N2S/c1-2-12(16-9-1)3-6-14-13-10-15-7-4-11(13)5-8-15/h1-2,9,11,13-14H,3-8,10H2. The van der Waals surface area contributed by atoms with Crippen LogP contribution in [0, 0.1) is 5.92 Å². The molecule has 88 valence electrons. The van der Waals surface area contributed by atoms with Crippen molar-refractivity contribution in [2.45, 2.75) is 25.3 Å². The van der Waals surface area contributed by atoms with Gasteiger partial charge in [0.2, 0.25) is 0 Å². The van der Waals surface area contributed by atoms with Crippen molar-refractivity contribution in [3.63, 3.8) is 0 Å². The molecular formula is C13H20N2S. The van der Waals surface area contributed by atoms with Crippen molar-refractivity contribution in [2.75, 3.05) is 26.2 Å². The molecule has 3 saturated heterocycles. The first-order valence-corrected chi connectivity index (χ1v) is 7.28. The van der Waals surface area contributed by atoms with Crippen molar-refractivity contribution < 1.29 is 0 Å². The van der Waals surface area contributed by atoms with Crippen LogP contribution >= 0.6 is 11.3 Å². The lowest BCUT2D eigenvalue weighted by Gasteiger charge is -2.45. The highest BCUT2D eigenvalue weighted by molar-refractivity contribution is 7.09. The van der Waals surface area contributed by atoms with E-state index >= 15 is 0 Å². The third-order valence-corrected chi connectivity index (χ3v) is 4.95. The van der Waals surface area contributed by atoms with Crippen molar-refractivity contribution in [1.82, 2.24) is 10.2 Å². The van der Waals surface area contributed by atoms with Crippen LogP contribution in [0.4, 0.5) is 0 Å². The molecule has 3 aliphatic heterocycles. The summed E-state index contributed by atoms with van der Waals surface area (Å²) in [6.45, 7) is 5.12. The van der Waals surface area contributed by atoms with Crippen LogP contribution in [0.25, 0.3) is 0 Å². The lowest BCUT2D eigenvalue weighted by atomic mass is 9.84. The molecule has 4 rings (SSSR count). The van der Waals surface area contributed by atoms with Crippen LogP contribution in [0.3, 0.4) is 0 Å². The van der Waals surface area contributed by atoms with Gasteiger partial charge in [0.15, 0.2) is 0 Å². The zero-order valence-electron chi connectivity index (χ0n) is 9.69. The fourth-order valence-electron chi connectivity index (χ4n) is 3.03. The molecule has 1 aromatic heterocycles. The molecule has 1 unspecified atom stereocenters. The maximum absolute atomic E-state index is 3.76. The van der Waals surface area contributed by atoms with Gasteiger partial charge in [-0.05, 0) is 49.7 Å². The highest BCUT2D eigenvalue weighted by Gasteiger charge is 2.33. The van der Waals surface area contributed by atoms with Gasteiger partial charge in [-0.25, -0.2) is 0 Å². The summed E-state index contributed by atoms with van der Waals surface area (Å²) in [5, 5.41) is 5.93. The minimum absolute atomic E-state index is 0.766. The Hall–Kier alpha value is -0.380. The summed E-state index contributed by atoms with van der Waals surface area (Å²) < 4.78 is 0. The van der Waals surface area contributed by atoms with Crippen LogP contribution in [0.2, 0.25) is 0 Å². The molecule has 4 heterocycles. The van der Waals surface area contributed by atoms with Crippen LogP contribution in [0.1, 0.15) is 17.7 Å². The average Bonchev–Trinajstić information content (AvgIpc) is 2.84. The topological polar surface area (TPSA) is 15.3 Å². The van der Waals surface area contributed by atoms with E-state index in [2.05, 4.69) is 27.7 Å². The second-order valence-corrected chi connectivity index (χ2v) is 6.06. The molecule has 0 radical (unpaired) electrons. The van der Waals surface area contributed by atoms with Crippen molar-refractivity contribution in [1.29, 1.82) is 0 Å². The average molecular weight is 236 g/mol. The molecule has 0 amide bonds. The minimum Gasteiger partial charge on any atom is -0.312 e. The Bertz CT molecular complexity index is 315. The molecule has 16 heavy (non-hydrogen) atoms. The summed E-state index contributed by atoms with van der Waals surface area (Å²) in [4.78, 5) is 4.12. The Morgan fingerprint density at radius 1 is 1.38 bits per heavy atom. The SMILES string of the molecule is c1csc(CCNC2CN3CCC2CC3)c1. The summed E-state index contributed by atoms with van der Waals surface area (Å²) in [5.74, 6) is 0.952. The highest BCUT2D eigenvalue weighted by atomic mass is 32.1. The summed E-state index contributed by atoms with van der Waals surface area (Å²) in [5.41, 5.74) is 0. The number of hydrogen-bond donors (Lipinski definition) is 1. The first-order chi connectivity index (χ1) is 7.92. The van der Waals surface area contributed by atoms with E-state index < -0.39 is 0 Å². The van der Waals surface area contributed by atoms with E-state index in [1.54, 1.807) is 0 Å². The molecule has 3 fully saturated rings. The lowest BCUT2D eigenvalue weighted by molar-refractivity contribution is 0.0731. The molecule has 0 aliphatic carbocycles. The molecule has 1 atom stereocenters. The van der Waals surface area contributed by atoms with E-state index in [0.29, 0.717) is 0 Å². The first kappa shape index (κ1) is 10.8. The molecule has 3 heteroatoms. The van der Waals surface area contributed by atoms with Gasteiger partial charge < -0.3 is 10.2 Å². The van der Waals surface area contributed by atoms with E-state index in [1.165, 1.54) is 43.8 Å². The Kier molecular flexibility index (Phi) is 3.27.